The van der Waals surface area contributed by atoms with Crippen LogP contribution in [0.2, 0.25) is 0 Å². The van der Waals surface area contributed by atoms with Gasteiger partial charge in [0, 0.05) is 17.8 Å². The topological polar surface area (TPSA) is 65.5 Å². The van der Waals surface area contributed by atoms with Crippen LogP contribution in [0.25, 0.3) is 17.2 Å². The van der Waals surface area contributed by atoms with Crippen molar-refractivity contribution in [3.05, 3.63) is 60.2 Å². The summed E-state index contributed by atoms with van der Waals surface area (Å²) in [5, 5.41) is 11.1. The molecule has 0 saturated heterocycles. The molecule has 0 spiro atoms. The first-order chi connectivity index (χ1) is 15.6. The second kappa shape index (κ2) is 9.02. The zero-order valence-electron chi connectivity index (χ0n) is 18.2. The zero-order valence-corrected chi connectivity index (χ0v) is 18.2. The molecule has 1 aromatic heterocycles. The van der Waals surface area contributed by atoms with Crippen LogP contribution in [0.4, 0.5) is 9.18 Å². The molecule has 4 atom stereocenters. The van der Waals surface area contributed by atoms with Gasteiger partial charge in [0.25, 0.3) is 0 Å². The third-order valence-corrected chi connectivity index (χ3v) is 7.36. The van der Waals surface area contributed by atoms with Gasteiger partial charge in [-0.05, 0) is 92.5 Å². The van der Waals surface area contributed by atoms with Crippen molar-refractivity contribution in [2.24, 2.45) is 17.8 Å². The fourth-order valence-electron chi connectivity index (χ4n) is 5.54. The van der Waals surface area contributed by atoms with E-state index in [-0.39, 0.29) is 11.9 Å². The molecule has 0 bridgehead atoms. The standard InChI is InChI=1S/C26H30FN3O2/c27-21-3-1-2-18(14-21)20-7-9-22(28-16-20)8-6-17-4-5-19-15-24(12-13-25(17)19)30(26(31)32)29-23-10-11-23/h1-3,6-9,14,16-17,19,23-25,29H,4-5,10-13,15H2,(H,31,32)/t17?,19-,24?,25+/m1/s1. The van der Waals surface area contributed by atoms with Crippen molar-refractivity contribution in [1.29, 1.82) is 0 Å². The van der Waals surface area contributed by atoms with Gasteiger partial charge in [0.1, 0.15) is 5.82 Å². The number of halogens is 1. The molecule has 3 fully saturated rings. The van der Waals surface area contributed by atoms with Crippen molar-refractivity contribution in [2.45, 2.75) is 57.0 Å². The molecule has 0 radical (unpaired) electrons. The van der Waals surface area contributed by atoms with E-state index in [1.54, 1.807) is 12.3 Å². The number of hydrogen-bond donors (Lipinski definition) is 2. The van der Waals surface area contributed by atoms with Gasteiger partial charge in [-0.2, -0.15) is 0 Å². The van der Waals surface area contributed by atoms with Crippen LogP contribution in [0.3, 0.4) is 0 Å². The van der Waals surface area contributed by atoms with E-state index in [9.17, 15) is 14.3 Å². The summed E-state index contributed by atoms with van der Waals surface area (Å²) in [6, 6.07) is 11.0. The fourth-order valence-corrected chi connectivity index (χ4v) is 5.54. The van der Waals surface area contributed by atoms with Gasteiger partial charge in [-0.1, -0.05) is 24.3 Å². The van der Waals surface area contributed by atoms with Gasteiger partial charge in [0.2, 0.25) is 0 Å². The summed E-state index contributed by atoms with van der Waals surface area (Å²) in [6.45, 7) is 0. The molecule has 3 aliphatic carbocycles. The van der Waals surface area contributed by atoms with Crippen LogP contribution >= 0.6 is 0 Å². The molecule has 3 aliphatic rings. The van der Waals surface area contributed by atoms with Crippen LogP contribution in [0.15, 0.2) is 48.7 Å². The van der Waals surface area contributed by atoms with Crippen molar-refractivity contribution in [2.75, 3.05) is 0 Å². The highest BCUT2D eigenvalue weighted by Crippen LogP contribution is 2.47. The van der Waals surface area contributed by atoms with Gasteiger partial charge in [-0.25, -0.2) is 19.6 Å². The molecule has 1 aromatic carbocycles. The lowest BCUT2D eigenvalue weighted by Gasteiger charge is -2.38. The van der Waals surface area contributed by atoms with Gasteiger partial charge in [0.05, 0.1) is 11.7 Å². The molecule has 2 aromatic rings. The van der Waals surface area contributed by atoms with Gasteiger partial charge in [-0.3, -0.25) is 4.98 Å². The summed E-state index contributed by atoms with van der Waals surface area (Å²) in [5.41, 5.74) is 5.85. The Morgan fingerprint density at radius 2 is 1.97 bits per heavy atom. The molecule has 2 N–H and O–H groups in total. The lowest BCUT2D eigenvalue weighted by atomic mass is 9.75. The number of pyridine rings is 1. The molecule has 5 nitrogen and oxygen atoms in total. The zero-order chi connectivity index (χ0) is 22.1. The first kappa shape index (κ1) is 21.1. The smallest absolute Gasteiger partial charge is 0.422 e. The summed E-state index contributed by atoms with van der Waals surface area (Å²) < 4.78 is 13.5. The summed E-state index contributed by atoms with van der Waals surface area (Å²) in [6.07, 6.45) is 12.8. The van der Waals surface area contributed by atoms with E-state index in [0.29, 0.717) is 23.8 Å². The van der Waals surface area contributed by atoms with Gasteiger partial charge in [-0.15, -0.1) is 0 Å². The average molecular weight is 436 g/mol. The lowest BCUT2D eigenvalue weighted by molar-refractivity contribution is 0.0545. The number of amides is 1. The minimum atomic E-state index is -0.845. The summed E-state index contributed by atoms with van der Waals surface area (Å²) in [5.74, 6) is 1.51. The Hall–Kier alpha value is -2.73. The van der Waals surface area contributed by atoms with Crippen molar-refractivity contribution >= 4 is 12.2 Å². The van der Waals surface area contributed by atoms with E-state index in [2.05, 4.69) is 22.6 Å². The molecule has 6 heteroatoms. The van der Waals surface area contributed by atoms with Crippen LogP contribution in [0.5, 0.6) is 0 Å². The number of benzene rings is 1. The number of nitrogens with one attached hydrogen (secondary N) is 1. The van der Waals surface area contributed by atoms with Gasteiger partial charge in [0.15, 0.2) is 0 Å². The molecular weight excluding hydrogens is 405 g/mol. The summed E-state index contributed by atoms with van der Waals surface area (Å²) >= 11 is 0. The number of hydrazine groups is 1. The number of hydrogen-bond acceptors (Lipinski definition) is 3. The highest BCUT2D eigenvalue weighted by molar-refractivity contribution is 5.65. The maximum atomic E-state index is 13.5. The maximum Gasteiger partial charge on any atom is 0.422 e. The molecule has 2 unspecified atom stereocenters. The minimum Gasteiger partial charge on any atom is -0.464 e. The number of aromatic nitrogens is 1. The number of nitrogens with zero attached hydrogens (tertiary/aromatic N) is 2. The second-order valence-electron chi connectivity index (χ2n) is 9.53. The average Bonchev–Trinajstić information content (AvgIpc) is 3.54. The van der Waals surface area contributed by atoms with E-state index < -0.39 is 6.09 Å². The Bertz CT molecular complexity index is 989. The fraction of sp³-hybridized carbons (Fsp3) is 0.462. The molecule has 3 saturated carbocycles. The van der Waals surface area contributed by atoms with Crippen LogP contribution in [0.1, 0.15) is 50.6 Å². The van der Waals surface area contributed by atoms with Crippen LogP contribution < -0.4 is 5.43 Å². The second-order valence-corrected chi connectivity index (χ2v) is 9.53. The number of carboxylic acid groups (broad SMARTS) is 1. The number of rotatable bonds is 6. The van der Waals surface area contributed by atoms with Crippen molar-refractivity contribution in [3.63, 3.8) is 0 Å². The predicted molar refractivity (Wildman–Crippen MR) is 122 cm³/mol. The molecule has 5 rings (SSSR count). The van der Waals surface area contributed by atoms with E-state index in [0.717, 1.165) is 55.3 Å². The quantitative estimate of drug-likeness (QED) is 0.568. The van der Waals surface area contributed by atoms with Gasteiger partial charge >= 0.3 is 6.09 Å². The molecule has 1 heterocycles. The summed E-state index contributed by atoms with van der Waals surface area (Å²) in [7, 11) is 0. The molecular formula is C26H30FN3O2. The Labute approximate surface area is 188 Å². The SMILES string of the molecule is O=C(O)N(NC1CC1)C1CC[C@H]2C(C=Cc3ccc(-c4cccc(F)c4)cn3)CC[C@@H]2C1. The first-order valence-corrected chi connectivity index (χ1v) is 11.8. The van der Waals surface area contributed by atoms with Crippen molar-refractivity contribution in [3.8, 4) is 11.1 Å². The predicted octanol–water partition coefficient (Wildman–Crippen LogP) is 5.74. The Balaban J connectivity index is 1.20. The van der Waals surface area contributed by atoms with E-state index >= 15 is 0 Å². The molecule has 1 amide bonds. The highest BCUT2D eigenvalue weighted by Gasteiger charge is 2.42. The maximum absolute atomic E-state index is 13.5. The number of fused-ring (bicyclic) bond motifs is 1. The Morgan fingerprint density at radius 1 is 1.09 bits per heavy atom. The van der Waals surface area contributed by atoms with Gasteiger partial charge < -0.3 is 5.11 Å². The third kappa shape index (κ3) is 4.70. The molecule has 0 aliphatic heterocycles. The first-order valence-electron chi connectivity index (χ1n) is 11.8. The van der Waals surface area contributed by atoms with E-state index in [1.807, 2.05) is 18.2 Å². The monoisotopic (exact) mass is 435 g/mol. The van der Waals surface area contributed by atoms with Crippen LogP contribution in [0, 0.1) is 23.6 Å². The van der Waals surface area contributed by atoms with Crippen molar-refractivity contribution in [1.82, 2.24) is 15.4 Å². The van der Waals surface area contributed by atoms with Crippen LogP contribution in [-0.4, -0.2) is 33.3 Å². The van der Waals surface area contributed by atoms with Crippen molar-refractivity contribution < 1.29 is 14.3 Å². The summed E-state index contributed by atoms with van der Waals surface area (Å²) in [4.78, 5) is 16.3. The number of carbonyl (C=O) groups is 1. The largest absolute Gasteiger partial charge is 0.464 e. The number of allylic oxidation sites excluding steroid dienone is 1. The normalized spacial score (nSPS) is 27.4. The van der Waals surface area contributed by atoms with E-state index in [4.69, 9.17) is 0 Å². The lowest BCUT2D eigenvalue weighted by Crippen LogP contribution is -2.52. The van der Waals surface area contributed by atoms with Crippen LogP contribution in [-0.2, 0) is 0 Å². The minimum absolute atomic E-state index is 0.0918. The molecule has 32 heavy (non-hydrogen) atoms. The Kier molecular flexibility index (Phi) is 5.96. The highest BCUT2D eigenvalue weighted by atomic mass is 19.1. The molecule has 168 valence electrons. The Morgan fingerprint density at radius 3 is 2.69 bits per heavy atom. The van der Waals surface area contributed by atoms with E-state index in [1.165, 1.54) is 23.6 Å². The third-order valence-electron chi connectivity index (χ3n) is 7.36.